The molecule has 142 valence electrons. The summed E-state index contributed by atoms with van der Waals surface area (Å²) in [7, 11) is 0. The van der Waals surface area contributed by atoms with Gasteiger partial charge in [0.25, 0.3) is 0 Å². The molecule has 1 fully saturated rings. The van der Waals surface area contributed by atoms with E-state index in [1.165, 1.54) is 16.9 Å². The molecular formula is C20H26N6S. The number of hydrogen-bond donors (Lipinski definition) is 1. The number of hydrogen-bond acceptors (Lipinski definition) is 6. The number of likely N-dealkylation sites (tertiary alicyclic amines) is 1. The first kappa shape index (κ1) is 18.1. The average Bonchev–Trinajstić information content (AvgIpc) is 3.37. The highest BCUT2D eigenvalue weighted by Gasteiger charge is 2.28. The lowest BCUT2D eigenvalue weighted by molar-refractivity contribution is 0.244. The molecule has 4 heterocycles. The molecule has 0 radical (unpaired) electrons. The van der Waals surface area contributed by atoms with Crippen LogP contribution in [0, 0.1) is 13.8 Å². The first-order valence-corrected chi connectivity index (χ1v) is 10.4. The van der Waals surface area contributed by atoms with Crippen LogP contribution in [-0.2, 0) is 13.1 Å². The molecule has 0 amide bonds. The number of aryl methyl sites for hydroxylation is 3. The zero-order valence-corrected chi connectivity index (χ0v) is 17.0. The fraction of sp³-hybridized carbons (Fsp3) is 0.450. The molecule has 1 atom stereocenters. The maximum absolute atomic E-state index is 4.89. The molecule has 1 unspecified atom stereocenters. The van der Waals surface area contributed by atoms with Crippen LogP contribution in [0.15, 0.2) is 30.6 Å². The van der Waals surface area contributed by atoms with Crippen LogP contribution in [0.25, 0.3) is 0 Å². The highest BCUT2D eigenvalue weighted by Crippen LogP contribution is 2.33. The minimum Gasteiger partial charge on any atom is -0.316 e. The fourth-order valence-electron chi connectivity index (χ4n) is 3.67. The first-order chi connectivity index (χ1) is 13.1. The summed E-state index contributed by atoms with van der Waals surface area (Å²) in [6, 6.07) is 6.59. The lowest BCUT2D eigenvalue weighted by Gasteiger charge is -2.24. The lowest BCUT2D eigenvalue weighted by Crippen LogP contribution is -2.23. The highest BCUT2D eigenvalue weighted by molar-refractivity contribution is 7.15. The fourth-order valence-corrected chi connectivity index (χ4v) is 4.35. The summed E-state index contributed by atoms with van der Waals surface area (Å²) in [6.07, 6.45) is 6.42. The summed E-state index contributed by atoms with van der Waals surface area (Å²) in [5.74, 6) is 0.865. The van der Waals surface area contributed by atoms with Crippen LogP contribution in [-0.4, -0.2) is 31.2 Å². The number of thiazole rings is 1. The molecule has 1 aliphatic rings. The van der Waals surface area contributed by atoms with Gasteiger partial charge >= 0.3 is 0 Å². The average molecular weight is 383 g/mol. The van der Waals surface area contributed by atoms with Crippen molar-refractivity contribution in [1.29, 1.82) is 0 Å². The van der Waals surface area contributed by atoms with Gasteiger partial charge in [-0.25, -0.2) is 9.97 Å². The van der Waals surface area contributed by atoms with E-state index in [1.807, 2.05) is 16.9 Å². The van der Waals surface area contributed by atoms with Gasteiger partial charge in [0.1, 0.15) is 5.82 Å². The molecule has 7 heteroatoms. The predicted octanol–water partition coefficient (Wildman–Crippen LogP) is 4.45. The Morgan fingerprint density at radius 3 is 2.93 bits per heavy atom. The Labute approximate surface area is 164 Å². The van der Waals surface area contributed by atoms with Crippen LogP contribution >= 0.6 is 11.3 Å². The molecule has 0 spiro atoms. The normalized spacial score (nSPS) is 17.5. The van der Waals surface area contributed by atoms with Crippen LogP contribution in [0.3, 0.4) is 0 Å². The molecule has 0 saturated carbocycles. The Kier molecular flexibility index (Phi) is 5.22. The summed E-state index contributed by atoms with van der Waals surface area (Å²) in [5, 5.41) is 8.82. The molecular weight excluding hydrogens is 356 g/mol. The van der Waals surface area contributed by atoms with Gasteiger partial charge in [0.15, 0.2) is 5.13 Å². The van der Waals surface area contributed by atoms with Crippen molar-refractivity contribution in [3.8, 4) is 0 Å². The van der Waals surface area contributed by atoms with Crippen molar-refractivity contribution in [3.05, 3.63) is 52.4 Å². The van der Waals surface area contributed by atoms with Crippen LogP contribution in [0.5, 0.6) is 0 Å². The first-order valence-electron chi connectivity index (χ1n) is 9.55. The molecule has 0 aliphatic carbocycles. The summed E-state index contributed by atoms with van der Waals surface area (Å²) >= 11 is 1.65. The number of aromatic nitrogens is 4. The Morgan fingerprint density at radius 1 is 1.30 bits per heavy atom. The van der Waals surface area contributed by atoms with Crippen LogP contribution < -0.4 is 5.32 Å². The maximum atomic E-state index is 4.89. The van der Waals surface area contributed by atoms with Gasteiger partial charge in [-0.05, 0) is 52.3 Å². The van der Waals surface area contributed by atoms with E-state index >= 15 is 0 Å². The largest absolute Gasteiger partial charge is 0.316 e. The van der Waals surface area contributed by atoms with Gasteiger partial charge in [-0.3, -0.25) is 9.58 Å². The Bertz CT molecular complexity index is 915. The van der Waals surface area contributed by atoms with Gasteiger partial charge in [-0.2, -0.15) is 5.10 Å². The van der Waals surface area contributed by atoms with Gasteiger partial charge in [-0.15, -0.1) is 11.3 Å². The quantitative estimate of drug-likeness (QED) is 0.682. The van der Waals surface area contributed by atoms with Crippen molar-refractivity contribution >= 4 is 22.3 Å². The van der Waals surface area contributed by atoms with E-state index in [0.717, 1.165) is 48.4 Å². The zero-order chi connectivity index (χ0) is 18.8. The molecule has 27 heavy (non-hydrogen) atoms. The summed E-state index contributed by atoms with van der Waals surface area (Å²) in [6.45, 7) is 9.24. The molecule has 0 aromatic carbocycles. The third-order valence-corrected chi connectivity index (χ3v) is 5.91. The van der Waals surface area contributed by atoms with E-state index in [1.54, 1.807) is 11.3 Å². The number of anilines is 2. The smallest absolute Gasteiger partial charge is 0.188 e. The molecule has 6 nitrogen and oxygen atoms in total. The van der Waals surface area contributed by atoms with Crippen molar-refractivity contribution < 1.29 is 0 Å². The Hall–Kier alpha value is -2.25. The Morgan fingerprint density at radius 2 is 2.19 bits per heavy atom. The number of nitrogens with zero attached hydrogens (tertiary/aromatic N) is 5. The third kappa shape index (κ3) is 4.04. The van der Waals surface area contributed by atoms with Gasteiger partial charge < -0.3 is 5.32 Å². The SMILES string of the molecule is CCn1cc(CN2CCCC2c2cccc(Nc3ncc(C)s3)n2)c(C)n1. The van der Waals surface area contributed by atoms with Gasteiger partial charge in [0.2, 0.25) is 0 Å². The molecule has 1 aliphatic heterocycles. The zero-order valence-electron chi connectivity index (χ0n) is 16.1. The molecule has 1 N–H and O–H groups in total. The minimum atomic E-state index is 0.356. The number of nitrogens with one attached hydrogen (secondary N) is 1. The van der Waals surface area contributed by atoms with Crippen molar-refractivity contribution in [1.82, 2.24) is 24.6 Å². The monoisotopic (exact) mass is 382 g/mol. The molecule has 3 aromatic heterocycles. The van der Waals surface area contributed by atoms with Crippen molar-refractivity contribution in [2.45, 2.75) is 52.7 Å². The summed E-state index contributed by atoms with van der Waals surface area (Å²) in [4.78, 5) is 13.0. The second-order valence-corrected chi connectivity index (χ2v) is 8.31. The number of pyridine rings is 1. The van der Waals surface area contributed by atoms with E-state index in [4.69, 9.17) is 4.98 Å². The number of rotatable bonds is 6. The highest BCUT2D eigenvalue weighted by atomic mass is 32.1. The van der Waals surface area contributed by atoms with Crippen molar-refractivity contribution in [2.75, 3.05) is 11.9 Å². The minimum absolute atomic E-state index is 0.356. The molecule has 4 rings (SSSR count). The maximum Gasteiger partial charge on any atom is 0.188 e. The van der Waals surface area contributed by atoms with Crippen molar-refractivity contribution in [3.63, 3.8) is 0 Å². The molecule has 0 bridgehead atoms. The summed E-state index contributed by atoms with van der Waals surface area (Å²) in [5.41, 5.74) is 3.58. The van der Waals surface area contributed by atoms with Crippen LogP contribution in [0.4, 0.5) is 10.9 Å². The van der Waals surface area contributed by atoms with Crippen LogP contribution in [0.1, 0.15) is 47.6 Å². The van der Waals surface area contributed by atoms with E-state index in [-0.39, 0.29) is 0 Å². The third-order valence-electron chi connectivity index (χ3n) is 5.08. The van der Waals surface area contributed by atoms with E-state index in [9.17, 15) is 0 Å². The van der Waals surface area contributed by atoms with Gasteiger partial charge in [0, 0.05) is 35.9 Å². The lowest BCUT2D eigenvalue weighted by atomic mass is 10.1. The van der Waals surface area contributed by atoms with E-state index in [0.29, 0.717) is 6.04 Å². The summed E-state index contributed by atoms with van der Waals surface area (Å²) < 4.78 is 2.02. The van der Waals surface area contributed by atoms with Crippen LogP contribution in [0.2, 0.25) is 0 Å². The van der Waals surface area contributed by atoms with Crippen molar-refractivity contribution in [2.24, 2.45) is 0 Å². The standard InChI is InChI=1S/C20H26N6S/c1-4-26-13-16(15(3)24-26)12-25-10-6-8-18(25)17-7-5-9-19(22-17)23-20-21-11-14(2)27-20/h5,7,9,11,13,18H,4,6,8,10,12H2,1-3H3,(H,21,22,23). The Balaban J connectivity index is 1.51. The second-order valence-electron chi connectivity index (χ2n) is 7.07. The molecule has 1 saturated heterocycles. The second kappa shape index (κ2) is 7.78. The van der Waals surface area contributed by atoms with Gasteiger partial charge in [0.05, 0.1) is 17.4 Å². The van der Waals surface area contributed by atoms with E-state index in [2.05, 4.69) is 59.4 Å². The van der Waals surface area contributed by atoms with Gasteiger partial charge in [-0.1, -0.05) is 6.07 Å². The predicted molar refractivity (Wildman–Crippen MR) is 109 cm³/mol. The topological polar surface area (TPSA) is 58.9 Å². The molecule has 3 aromatic rings. The van der Waals surface area contributed by atoms with E-state index < -0.39 is 0 Å².